The molecule has 1 aliphatic rings. The molecular formula is C17H24N4O2S2. The molecule has 1 saturated heterocycles. The van der Waals surface area contributed by atoms with E-state index in [1.807, 2.05) is 0 Å². The molecule has 0 bridgehead atoms. The smallest absolute Gasteiger partial charge is 0.232 e. The zero-order valence-corrected chi connectivity index (χ0v) is 16.3. The Morgan fingerprint density at radius 1 is 1.08 bits per heavy atom. The minimum absolute atomic E-state index is 0.136. The highest BCUT2D eigenvalue weighted by molar-refractivity contribution is 8.00. The summed E-state index contributed by atoms with van der Waals surface area (Å²) in [6.07, 6.45) is 4.84. The van der Waals surface area contributed by atoms with Gasteiger partial charge in [-0.2, -0.15) is 0 Å². The molecule has 0 aliphatic carbocycles. The molecule has 2 aromatic rings. The van der Waals surface area contributed by atoms with Crippen molar-refractivity contribution in [2.45, 2.75) is 31.3 Å². The Balaban J connectivity index is 1.91. The summed E-state index contributed by atoms with van der Waals surface area (Å²) >= 11 is 1.44. The number of anilines is 1. The summed E-state index contributed by atoms with van der Waals surface area (Å²) < 4.78 is 24.9. The Morgan fingerprint density at radius 2 is 1.76 bits per heavy atom. The Kier molecular flexibility index (Phi) is 5.68. The van der Waals surface area contributed by atoms with Crippen LogP contribution in [0.25, 0.3) is 5.69 Å². The van der Waals surface area contributed by atoms with Crippen molar-refractivity contribution >= 4 is 27.5 Å². The van der Waals surface area contributed by atoms with E-state index in [1.165, 1.54) is 30.0 Å². The van der Waals surface area contributed by atoms with Crippen molar-refractivity contribution in [1.82, 2.24) is 14.8 Å². The van der Waals surface area contributed by atoms with Crippen molar-refractivity contribution in [2.24, 2.45) is 0 Å². The van der Waals surface area contributed by atoms with E-state index >= 15 is 0 Å². The molecule has 1 aromatic heterocycles. The molecule has 6 nitrogen and oxygen atoms in total. The van der Waals surface area contributed by atoms with Gasteiger partial charge in [0.15, 0.2) is 5.16 Å². The van der Waals surface area contributed by atoms with Gasteiger partial charge in [0.1, 0.15) is 9.84 Å². The van der Waals surface area contributed by atoms with E-state index in [0.717, 1.165) is 42.7 Å². The van der Waals surface area contributed by atoms with Crippen LogP contribution >= 0.6 is 11.8 Å². The number of hydrogen-bond acceptors (Lipinski definition) is 6. The predicted molar refractivity (Wildman–Crippen MR) is 103 cm³/mol. The summed E-state index contributed by atoms with van der Waals surface area (Å²) in [6.45, 7) is 4.03. The monoisotopic (exact) mass is 380 g/mol. The number of sulfone groups is 1. The summed E-state index contributed by atoms with van der Waals surface area (Å²) in [7, 11) is -2.98. The number of piperidine rings is 1. The van der Waals surface area contributed by atoms with Crippen LogP contribution in [0, 0.1) is 6.92 Å². The van der Waals surface area contributed by atoms with Gasteiger partial charge in [0.2, 0.25) is 5.95 Å². The van der Waals surface area contributed by atoms with Gasteiger partial charge in [-0.1, -0.05) is 29.5 Å². The molecule has 0 amide bonds. The van der Waals surface area contributed by atoms with Crippen LogP contribution < -0.4 is 4.90 Å². The lowest BCUT2D eigenvalue weighted by Crippen LogP contribution is -2.31. The quantitative estimate of drug-likeness (QED) is 0.718. The van der Waals surface area contributed by atoms with E-state index in [4.69, 9.17) is 0 Å². The lowest BCUT2D eigenvalue weighted by Gasteiger charge is -2.27. The van der Waals surface area contributed by atoms with E-state index in [1.54, 1.807) is 0 Å². The van der Waals surface area contributed by atoms with Gasteiger partial charge in [0, 0.05) is 25.1 Å². The summed E-state index contributed by atoms with van der Waals surface area (Å²) in [5, 5.41) is 9.52. The summed E-state index contributed by atoms with van der Waals surface area (Å²) in [5.74, 6) is 1.46. The highest BCUT2D eigenvalue weighted by atomic mass is 32.2. The van der Waals surface area contributed by atoms with Crippen molar-refractivity contribution in [1.29, 1.82) is 0 Å². The first-order valence-corrected chi connectivity index (χ1v) is 11.6. The Hall–Kier alpha value is -1.54. The summed E-state index contributed by atoms with van der Waals surface area (Å²) in [6, 6.07) is 8.26. The molecule has 0 N–H and O–H groups in total. The molecule has 1 aliphatic heterocycles. The first-order chi connectivity index (χ1) is 11.9. The Labute approximate surface area is 153 Å². The van der Waals surface area contributed by atoms with Gasteiger partial charge in [0.05, 0.1) is 11.4 Å². The molecule has 1 aromatic carbocycles. The van der Waals surface area contributed by atoms with E-state index in [2.05, 4.69) is 50.9 Å². The van der Waals surface area contributed by atoms with Gasteiger partial charge in [-0.25, -0.2) is 8.42 Å². The molecule has 0 atom stereocenters. The molecule has 2 heterocycles. The molecule has 0 saturated carbocycles. The van der Waals surface area contributed by atoms with Crippen LogP contribution in [0.15, 0.2) is 29.4 Å². The third-order valence-electron chi connectivity index (χ3n) is 4.23. The van der Waals surface area contributed by atoms with Crippen molar-refractivity contribution in [3.63, 3.8) is 0 Å². The lowest BCUT2D eigenvalue weighted by molar-refractivity contribution is 0.564. The van der Waals surface area contributed by atoms with Crippen LogP contribution in [0.2, 0.25) is 0 Å². The van der Waals surface area contributed by atoms with Crippen LogP contribution in [0.3, 0.4) is 0 Å². The average molecular weight is 381 g/mol. The molecule has 8 heteroatoms. The predicted octanol–water partition coefficient (Wildman–Crippen LogP) is 2.70. The first kappa shape index (κ1) is 18.3. The van der Waals surface area contributed by atoms with Crippen molar-refractivity contribution in [3.8, 4) is 5.69 Å². The van der Waals surface area contributed by atoms with Crippen LogP contribution in [0.1, 0.15) is 24.8 Å². The Morgan fingerprint density at radius 3 is 2.40 bits per heavy atom. The number of aromatic nitrogens is 3. The highest BCUT2D eigenvalue weighted by Gasteiger charge is 2.21. The number of aryl methyl sites for hydroxylation is 1. The van der Waals surface area contributed by atoms with Crippen LogP contribution in [0.4, 0.5) is 5.95 Å². The number of nitrogens with zero attached hydrogens (tertiary/aromatic N) is 4. The zero-order chi connectivity index (χ0) is 17.9. The van der Waals surface area contributed by atoms with E-state index in [0.29, 0.717) is 5.75 Å². The Bertz CT molecular complexity index is 810. The lowest BCUT2D eigenvalue weighted by atomic mass is 10.1. The van der Waals surface area contributed by atoms with Crippen molar-refractivity contribution < 1.29 is 8.42 Å². The zero-order valence-electron chi connectivity index (χ0n) is 14.7. The fourth-order valence-electron chi connectivity index (χ4n) is 2.86. The second kappa shape index (κ2) is 7.78. The highest BCUT2D eigenvalue weighted by Crippen LogP contribution is 2.28. The van der Waals surface area contributed by atoms with Gasteiger partial charge in [-0.3, -0.25) is 4.57 Å². The van der Waals surface area contributed by atoms with Gasteiger partial charge >= 0.3 is 0 Å². The van der Waals surface area contributed by atoms with Gasteiger partial charge in [-0.15, -0.1) is 10.2 Å². The molecule has 25 heavy (non-hydrogen) atoms. The molecule has 0 radical (unpaired) electrons. The maximum atomic E-state index is 11.4. The summed E-state index contributed by atoms with van der Waals surface area (Å²) in [4.78, 5) is 2.27. The second-order valence-electron chi connectivity index (χ2n) is 6.48. The maximum absolute atomic E-state index is 11.4. The van der Waals surface area contributed by atoms with Crippen LogP contribution in [0.5, 0.6) is 0 Å². The van der Waals surface area contributed by atoms with Gasteiger partial charge in [-0.05, 0) is 38.3 Å². The topological polar surface area (TPSA) is 68.1 Å². The SMILES string of the molecule is Cc1ccc(-n2c(SCCS(C)(=O)=O)nnc2N2CCCCC2)cc1. The van der Waals surface area contributed by atoms with Crippen LogP contribution in [-0.4, -0.2) is 54.0 Å². The molecule has 0 unspecified atom stereocenters. The number of benzene rings is 1. The number of hydrogen-bond donors (Lipinski definition) is 0. The third kappa shape index (κ3) is 4.76. The molecule has 1 fully saturated rings. The minimum atomic E-state index is -2.98. The van der Waals surface area contributed by atoms with Crippen molar-refractivity contribution in [3.05, 3.63) is 29.8 Å². The molecule has 136 valence electrons. The van der Waals surface area contributed by atoms with Gasteiger partial charge < -0.3 is 4.90 Å². The minimum Gasteiger partial charge on any atom is -0.341 e. The summed E-state index contributed by atoms with van der Waals surface area (Å²) in [5.41, 5.74) is 2.21. The van der Waals surface area contributed by atoms with Crippen LogP contribution in [-0.2, 0) is 9.84 Å². The van der Waals surface area contributed by atoms with E-state index in [-0.39, 0.29) is 5.75 Å². The van der Waals surface area contributed by atoms with E-state index in [9.17, 15) is 8.42 Å². The standard InChI is InChI=1S/C17H24N4O2S2/c1-14-6-8-15(9-7-14)21-16(20-10-4-3-5-11-20)18-19-17(21)24-12-13-25(2,22)23/h6-9H,3-5,10-13H2,1-2H3. The molecule has 3 rings (SSSR count). The fourth-order valence-corrected chi connectivity index (χ4v) is 5.00. The largest absolute Gasteiger partial charge is 0.341 e. The second-order valence-corrected chi connectivity index (χ2v) is 9.80. The van der Waals surface area contributed by atoms with Crippen molar-refractivity contribution in [2.75, 3.05) is 35.8 Å². The van der Waals surface area contributed by atoms with Gasteiger partial charge in [0.25, 0.3) is 0 Å². The van der Waals surface area contributed by atoms with E-state index < -0.39 is 9.84 Å². The number of thioether (sulfide) groups is 1. The maximum Gasteiger partial charge on any atom is 0.232 e. The molecular weight excluding hydrogens is 356 g/mol. The first-order valence-electron chi connectivity index (χ1n) is 8.52. The fraction of sp³-hybridized carbons (Fsp3) is 0.529. The average Bonchev–Trinajstić information content (AvgIpc) is 2.99. The third-order valence-corrected chi connectivity index (χ3v) is 6.37. The number of rotatable bonds is 6. The molecule has 0 spiro atoms. The normalized spacial score (nSPS) is 15.5.